The van der Waals surface area contributed by atoms with Crippen molar-refractivity contribution in [3.63, 3.8) is 0 Å². The molecule has 7 nitrogen and oxygen atoms in total. The summed E-state index contributed by atoms with van der Waals surface area (Å²) in [6.07, 6.45) is 1.65. The second-order valence-electron chi connectivity index (χ2n) is 4.77. The molecule has 0 radical (unpaired) electrons. The van der Waals surface area contributed by atoms with E-state index < -0.39 is 0 Å². The van der Waals surface area contributed by atoms with Crippen LogP contribution in [0.3, 0.4) is 0 Å². The number of rotatable bonds is 6. The van der Waals surface area contributed by atoms with Crippen LogP contribution in [0.2, 0.25) is 0 Å². The minimum atomic E-state index is -0.124. The maximum atomic E-state index is 11.9. The molecular formula is C15H15N5O2S2. The van der Waals surface area contributed by atoms with Gasteiger partial charge in [-0.2, -0.15) is 0 Å². The minimum Gasteiger partial charge on any atom is -0.497 e. The lowest BCUT2D eigenvalue weighted by Crippen LogP contribution is -2.14. The lowest BCUT2D eigenvalue weighted by Gasteiger charge is -2.05. The largest absolute Gasteiger partial charge is 0.497 e. The molecule has 1 amide bonds. The lowest BCUT2D eigenvalue weighted by atomic mass is 10.2. The lowest BCUT2D eigenvalue weighted by molar-refractivity contribution is -0.113. The molecule has 9 heteroatoms. The van der Waals surface area contributed by atoms with Crippen LogP contribution in [0.25, 0.3) is 11.4 Å². The fraction of sp³-hybridized carbons (Fsp3) is 0.200. The van der Waals surface area contributed by atoms with Gasteiger partial charge in [0.1, 0.15) is 5.75 Å². The predicted octanol–water partition coefficient (Wildman–Crippen LogP) is 2.68. The minimum absolute atomic E-state index is 0.124. The fourth-order valence-electron chi connectivity index (χ4n) is 2.02. The van der Waals surface area contributed by atoms with E-state index >= 15 is 0 Å². The van der Waals surface area contributed by atoms with Crippen LogP contribution in [0.15, 0.2) is 41.0 Å². The van der Waals surface area contributed by atoms with Crippen LogP contribution >= 0.6 is 23.1 Å². The Bertz CT molecular complexity index is 832. The van der Waals surface area contributed by atoms with Crippen molar-refractivity contribution in [2.24, 2.45) is 7.05 Å². The molecule has 0 unspecified atom stereocenters. The number of ether oxygens (including phenoxy) is 1. The van der Waals surface area contributed by atoms with Crippen molar-refractivity contribution in [2.45, 2.75) is 5.16 Å². The number of carbonyl (C=O) groups is 1. The molecule has 0 atom stereocenters. The number of anilines is 1. The molecule has 3 rings (SSSR count). The van der Waals surface area contributed by atoms with Crippen molar-refractivity contribution in [2.75, 3.05) is 18.2 Å². The number of amides is 1. The number of thiazole rings is 1. The van der Waals surface area contributed by atoms with Gasteiger partial charge < -0.3 is 14.6 Å². The fourth-order valence-corrected chi connectivity index (χ4v) is 3.28. The van der Waals surface area contributed by atoms with Crippen LogP contribution in [-0.2, 0) is 11.8 Å². The molecular weight excluding hydrogens is 346 g/mol. The molecule has 0 fully saturated rings. The molecule has 2 heterocycles. The number of benzene rings is 1. The highest BCUT2D eigenvalue weighted by Gasteiger charge is 2.13. The molecule has 0 aliphatic heterocycles. The van der Waals surface area contributed by atoms with E-state index in [0.29, 0.717) is 10.3 Å². The summed E-state index contributed by atoms with van der Waals surface area (Å²) in [7, 11) is 3.49. The van der Waals surface area contributed by atoms with Crippen LogP contribution in [0.1, 0.15) is 0 Å². The second kappa shape index (κ2) is 7.45. The highest BCUT2D eigenvalue weighted by atomic mass is 32.2. The first-order valence-corrected chi connectivity index (χ1v) is 8.90. The zero-order valence-electron chi connectivity index (χ0n) is 13.1. The highest BCUT2D eigenvalue weighted by molar-refractivity contribution is 7.99. The average Bonchev–Trinajstić information content (AvgIpc) is 3.23. The van der Waals surface area contributed by atoms with Gasteiger partial charge in [0.25, 0.3) is 0 Å². The number of methoxy groups -OCH3 is 1. The summed E-state index contributed by atoms with van der Waals surface area (Å²) in [5.41, 5.74) is 0.906. The zero-order valence-corrected chi connectivity index (χ0v) is 14.7. The Labute approximate surface area is 147 Å². The van der Waals surface area contributed by atoms with Gasteiger partial charge in [0, 0.05) is 24.2 Å². The summed E-state index contributed by atoms with van der Waals surface area (Å²) in [5, 5.41) is 14.2. The van der Waals surface area contributed by atoms with Crippen molar-refractivity contribution in [1.82, 2.24) is 19.7 Å². The van der Waals surface area contributed by atoms with Gasteiger partial charge in [-0.15, -0.1) is 21.5 Å². The summed E-state index contributed by atoms with van der Waals surface area (Å²) in [5.74, 6) is 1.59. The number of carbonyl (C=O) groups excluding carboxylic acids is 1. The van der Waals surface area contributed by atoms with Crippen molar-refractivity contribution < 1.29 is 9.53 Å². The topological polar surface area (TPSA) is 81.9 Å². The quantitative estimate of drug-likeness (QED) is 0.680. The monoisotopic (exact) mass is 361 g/mol. The average molecular weight is 361 g/mol. The van der Waals surface area contributed by atoms with E-state index in [1.54, 1.807) is 13.3 Å². The maximum absolute atomic E-state index is 11.9. The number of thioether (sulfide) groups is 1. The number of hydrogen-bond acceptors (Lipinski definition) is 7. The number of hydrogen-bond donors (Lipinski definition) is 1. The summed E-state index contributed by atoms with van der Waals surface area (Å²) in [4.78, 5) is 15.9. The summed E-state index contributed by atoms with van der Waals surface area (Å²) < 4.78 is 7.09. The van der Waals surface area contributed by atoms with Crippen molar-refractivity contribution in [3.8, 4) is 17.1 Å². The Morgan fingerprint density at radius 3 is 3.04 bits per heavy atom. The number of aromatic nitrogens is 4. The standard InChI is InChI=1S/C15H15N5O2S2/c1-20-13(10-4-3-5-11(8-10)22-2)18-19-15(20)24-9-12(21)17-14-16-6-7-23-14/h3-8H,9H2,1-2H3,(H,16,17,21). The normalized spacial score (nSPS) is 10.6. The molecule has 1 N–H and O–H groups in total. The molecule has 0 spiro atoms. The predicted molar refractivity (Wildman–Crippen MR) is 94.5 cm³/mol. The molecule has 0 aliphatic rings. The highest BCUT2D eigenvalue weighted by Crippen LogP contribution is 2.25. The van der Waals surface area contributed by atoms with Crippen LogP contribution in [-0.4, -0.2) is 38.5 Å². The third-order valence-corrected chi connectivity index (χ3v) is 4.88. The van der Waals surface area contributed by atoms with Crippen LogP contribution in [0.5, 0.6) is 5.75 Å². The van der Waals surface area contributed by atoms with E-state index in [1.165, 1.54) is 23.1 Å². The molecule has 2 aromatic heterocycles. The molecule has 0 bridgehead atoms. The molecule has 0 aliphatic carbocycles. The van der Waals surface area contributed by atoms with Crippen molar-refractivity contribution in [1.29, 1.82) is 0 Å². The van der Waals surface area contributed by atoms with Crippen molar-refractivity contribution in [3.05, 3.63) is 35.8 Å². The van der Waals surface area contributed by atoms with Gasteiger partial charge in [-0.05, 0) is 12.1 Å². The van der Waals surface area contributed by atoms with Crippen molar-refractivity contribution >= 4 is 34.1 Å². The second-order valence-corrected chi connectivity index (χ2v) is 6.61. The molecule has 3 aromatic rings. The molecule has 0 saturated heterocycles. The molecule has 124 valence electrons. The first-order chi connectivity index (χ1) is 11.7. The van der Waals surface area contributed by atoms with E-state index in [4.69, 9.17) is 4.74 Å². The van der Waals surface area contributed by atoms with Gasteiger partial charge in [-0.3, -0.25) is 4.79 Å². The van der Waals surface area contributed by atoms with E-state index in [0.717, 1.165) is 17.1 Å². The Balaban J connectivity index is 1.67. The zero-order chi connectivity index (χ0) is 16.9. The summed E-state index contributed by atoms with van der Waals surface area (Å²) in [6, 6.07) is 7.61. The smallest absolute Gasteiger partial charge is 0.236 e. The Morgan fingerprint density at radius 1 is 1.42 bits per heavy atom. The van der Waals surface area contributed by atoms with Crippen LogP contribution < -0.4 is 10.1 Å². The first kappa shape index (κ1) is 16.5. The van der Waals surface area contributed by atoms with E-state index in [-0.39, 0.29) is 11.7 Å². The van der Waals surface area contributed by atoms with E-state index in [2.05, 4.69) is 20.5 Å². The van der Waals surface area contributed by atoms with E-state index in [9.17, 15) is 4.79 Å². The molecule has 24 heavy (non-hydrogen) atoms. The van der Waals surface area contributed by atoms with Gasteiger partial charge in [0.15, 0.2) is 16.1 Å². The Hall–Kier alpha value is -2.39. The molecule has 0 saturated carbocycles. The Morgan fingerprint density at radius 2 is 2.29 bits per heavy atom. The van der Waals surface area contributed by atoms with Gasteiger partial charge in [-0.25, -0.2) is 4.98 Å². The Kier molecular flexibility index (Phi) is 5.11. The maximum Gasteiger partial charge on any atom is 0.236 e. The van der Waals surface area contributed by atoms with Crippen LogP contribution in [0.4, 0.5) is 5.13 Å². The third-order valence-electron chi connectivity index (χ3n) is 3.17. The number of nitrogens with zero attached hydrogens (tertiary/aromatic N) is 4. The third kappa shape index (κ3) is 3.74. The van der Waals surface area contributed by atoms with Gasteiger partial charge in [0.2, 0.25) is 5.91 Å². The number of nitrogens with one attached hydrogen (secondary N) is 1. The summed E-state index contributed by atoms with van der Waals surface area (Å²) >= 11 is 2.71. The SMILES string of the molecule is COc1cccc(-c2nnc(SCC(=O)Nc3nccs3)n2C)c1. The van der Waals surface area contributed by atoms with Gasteiger partial charge in [0.05, 0.1) is 12.9 Å². The summed E-state index contributed by atoms with van der Waals surface area (Å²) in [6.45, 7) is 0. The molecule has 1 aromatic carbocycles. The van der Waals surface area contributed by atoms with E-state index in [1.807, 2.05) is 41.3 Å². The van der Waals surface area contributed by atoms with Gasteiger partial charge >= 0.3 is 0 Å². The van der Waals surface area contributed by atoms with Gasteiger partial charge in [-0.1, -0.05) is 23.9 Å². The van der Waals surface area contributed by atoms with Crippen LogP contribution in [0, 0.1) is 0 Å². The first-order valence-electron chi connectivity index (χ1n) is 7.03.